The Balaban J connectivity index is 2.01. The lowest BCUT2D eigenvalue weighted by Gasteiger charge is -2.34. The smallest absolute Gasteiger partial charge is 0.253 e. The molecule has 5 nitrogen and oxygen atoms in total. The van der Waals surface area contributed by atoms with Crippen LogP contribution in [0.1, 0.15) is 23.2 Å². The van der Waals surface area contributed by atoms with Crippen LogP contribution < -0.4 is 5.73 Å². The van der Waals surface area contributed by atoms with Crippen LogP contribution in [0.4, 0.5) is 5.82 Å². The van der Waals surface area contributed by atoms with E-state index in [0.29, 0.717) is 18.0 Å². The summed E-state index contributed by atoms with van der Waals surface area (Å²) in [6.07, 6.45) is 1.32. The number of aromatic nitrogens is 1. The van der Waals surface area contributed by atoms with Crippen LogP contribution in [0.5, 0.6) is 0 Å². The summed E-state index contributed by atoms with van der Waals surface area (Å²) in [6.45, 7) is 0.635. The van der Waals surface area contributed by atoms with Crippen LogP contribution in [0.2, 0.25) is 5.15 Å². The van der Waals surface area contributed by atoms with Crippen molar-refractivity contribution in [3.8, 4) is 0 Å². The molecule has 0 radical (unpaired) electrons. The first-order chi connectivity index (χ1) is 8.45. The Labute approximate surface area is 111 Å². The molecule has 0 bridgehead atoms. The van der Waals surface area contributed by atoms with Gasteiger partial charge in [0.25, 0.3) is 5.91 Å². The third-order valence-corrected chi connectivity index (χ3v) is 3.34. The van der Waals surface area contributed by atoms with E-state index in [2.05, 4.69) is 4.98 Å². The third-order valence-electron chi connectivity index (χ3n) is 3.15. The number of halogens is 1. The zero-order valence-corrected chi connectivity index (χ0v) is 10.9. The number of nitrogens with zero attached hydrogens (tertiary/aromatic N) is 2. The molecule has 1 aliphatic carbocycles. The van der Waals surface area contributed by atoms with Gasteiger partial charge in [-0.3, -0.25) is 4.79 Å². The van der Waals surface area contributed by atoms with Crippen LogP contribution in [0.3, 0.4) is 0 Å². The van der Waals surface area contributed by atoms with Crippen LogP contribution in [-0.2, 0) is 0 Å². The van der Waals surface area contributed by atoms with Gasteiger partial charge in [-0.1, -0.05) is 11.6 Å². The van der Waals surface area contributed by atoms with Crippen LogP contribution in [0.25, 0.3) is 0 Å². The first-order valence-corrected chi connectivity index (χ1v) is 6.20. The Morgan fingerprint density at radius 2 is 2.28 bits per heavy atom. The second-order valence-electron chi connectivity index (χ2n) is 4.78. The molecule has 0 unspecified atom stereocenters. The molecule has 1 heterocycles. The van der Waals surface area contributed by atoms with Gasteiger partial charge in [0.05, 0.1) is 6.10 Å². The minimum atomic E-state index is -0.204. The maximum atomic E-state index is 12.1. The first kappa shape index (κ1) is 13.1. The van der Waals surface area contributed by atoms with Crippen molar-refractivity contribution in [3.05, 3.63) is 22.8 Å². The van der Waals surface area contributed by atoms with Crippen molar-refractivity contribution in [2.75, 3.05) is 19.3 Å². The number of anilines is 1. The van der Waals surface area contributed by atoms with Gasteiger partial charge in [-0.15, -0.1) is 0 Å². The van der Waals surface area contributed by atoms with Crippen molar-refractivity contribution in [2.24, 2.45) is 5.92 Å². The predicted octanol–water partition coefficient (Wildman–Crippen LogP) is 1.16. The van der Waals surface area contributed by atoms with Crippen molar-refractivity contribution in [2.45, 2.75) is 18.9 Å². The average Bonchev–Trinajstić information content (AvgIpc) is 2.24. The SMILES string of the molecule is CN(CC1CC(O)C1)C(=O)c1cc(N)nc(Cl)c1. The summed E-state index contributed by atoms with van der Waals surface area (Å²) in [5.41, 5.74) is 5.99. The summed E-state index contributed by atoms with van der Waals surface area (Å²) in [5, 5.41) is 9.43. The fourth-order valence-electron chi connectivity index (χ4n) is 2.18. The van der Waals surface area contributed by atoms with E-state index in [-0.39, 0.29) is 23.0 Å². The van der Waals surface area contributed by atoms with E-state index in [1.807, 2.05) is 0 Å². The summed E-state index contributed by atoms with van der Waals surface area (Å²) >= 11 is 5.77. The second kappa shape index (κ2) is 5.12. The van der Waals surface area contributed by atoms with E-state index in [4.69, 9.17) is 17.3 Å². The number of carbonyl (C=O) groups is 1. The number of amides is 1. The van der Waals surface area contributed by atoms with Crippen LogP contribution >= 0.6 is 11.6 Å². The van der Waals surface area contributed by atoms with Gasteiger partial charge >= 0.3 is 0 Å². The molecular formula is C12H16ClN3O2. The summed E-state index contributed by atoms with van der Waals surface area (Å²) in [6, 6.07) is 3.02. The quantitative estimate of drug-likeness (QED) is 0.807. The summed E-state index contributed by atoms with van der Waals surface area (Å²) < 4.78 is 0. The number of hydrogen-bond acceptors (Lipinski definition) is 4. The molecule has 1 saturated carbocycles. The summed E-state index contributed by atoms with van der Waals surface area (Å²) in [5.74, 6) is 0.481. The Bertz CT molecular complexity index is 440. The zero-order chi connectivity index (χ0) is 13.3. The van der Waals surface area contributed by atoms with Crippen molar-refractivity contribution < 1.29 is 9.90 Å². The van der Waals surface area contributed by atoms with Gasteiger partial charge in [0.2, 0.25) is 0 Å². The Morgan fingerprint density at radius 1 is 1.61 bits per heavy atom. The van der Waals surface area contributed by atoms with Crippen molar-refractivity contribution in [3.63, 3.8) is 0 Å². The van der Waals surface area contributed by atoms with E-state index in [9.17, 15) is 9.90 Å². The normalized spacial score (nSPS) is 22.4. The maximum absolute atomic E-state index is 12.1. The molecule has 1 amide bonds. The highest BCUT2D eigenvalue weighted by atomic mass is 35.5. The van der Waals surface area contributed by atoms with E-state index in [1.165, 1.54) is 12.1 Å². The van der Waals surface area contributed by atoms with E-state index in [1.54, 1.807) is 11.9 Å². The molecule has 3 N–H and O–H groups in total. The van der Waals surface area contributed by atoms with E-state index < -0.39 is 0 Å². The molecule has 1 fully saturated rings. The van der Waals surface area contributed by atoms with Gasteiger partial charge in [0.1, 0.15) is 11.0 Å². The van der Waals surface area contributed by atoms with Crippen molar-refractivity contribution >= 4 is 23.3 Å². The van der Waals surface area contributed by atoms with E-state index >= 15 is 0 Å². The Morgan fingerprint density at radius 3 is 2.83 bits per heavy atom. The molecular weight excluding hydrogens is 254 g/mol. The summed E-state index contributed by atoms with van der Waals surface area (Å²) in [4.78, 5) is 17.6. The number of aliphatic hydroxyl groups is 1. The van der Waals surface area contributed by atoms with Gasteiger partial charge in [-0.2, -0.15) is 0 Å². The second-order valence-corrected chi connectivity index (χ2v) is 5.17. The highest BCUT2D eigenvalue weighted by Crippen LogP contribution is 2.28. The van der Waals surface area contributed by atoms with Crippen LogP contribution in [-0.4, -0.2) is 40.6 Å². The van der Waals surface area contributed by atoms with Crippen molar-refractivity contribution in [1.29, 1.82) is 0 Å². The highest BCUT2D eigenvalue weighted by molar-refractivity contribution is 6.29. The van der Waals surface area contributed by atoms with Crippen LogP contribution in [0.15, 0.2) is 12.1 Å². The highest BCUT2D eigenvalue weighted by Gasteiger charge is 2.29. The molecule has 0 spiro atoms. The van der Waals surface area contributed by atoms with Crippen molar-refractivity contribution in [1.82, 2.24) is 9.88 Å². The Kier molecular flexibility index (Phi) is 3.73. The van der Waals surface area contributed by atoms with Gasteiger partial charge in [0, 0.05) is 19.2 Å². The predicted molar refractivity (Wildman–Crippen MR) is 69.4 cm³/mol. The Hall–Kier alpha value is -1.33. The molecule has 0 aliphatic heterocycles. The topological polar surface area (TPSA) is 79.5 Å². The fraction of sp³-hybridized carbons (Fsp3) is 0.500. The molecule has 0 aromatic carbocycles. The number of aliphatic hydroxyl groups excluding tert-OH is 1. The van der Waals surface area contributed by atoms with Gasteiger partial charge in [-0.25, -0.2) is 4.98 Å². The molecule has 6 heteroatoms. The van der Waals surface area contributed by atoms with Crippen LogP contribution in [0, 0.1) is 5.92 Å². The minimum Gasteiger partial charge on any atom is -0.393 e. The molecule has 1 aromatic heterocycles. The number of pyridine rings is 1. The molecule has 0 saturated heterocycles. The lowest BCUT2D eigenvalue weighted by Crippen LogP contribution is -2.39. The fourth-order valence-corrected chi connectivity index (χ4v) is 2.40. The molecule has 1 aromatic rings. The molecule has 18 heavy (non-hydrogen) atoms. The number of nitrogen functional groups attached to an aromatic ring is 1. The average molecular weight is 270 g/mol. The minimum absolute atomic E-state index is 0.132. The standard InChI is InChI=1S/C12H16ClN3O2/c1-16(6-7-2-9(17)3-7)12(18)8-4-10(13)15-11(14)5-8/h4-5,7,9,17H,2-3,6H2,1H3,(H2,14,15). The number of carbonyl (C=O) groups excluding carboxylic acids is 1. The third kappa shape index (κ3) is 2.91. The van der Waals surface area contributed by atoms with Gasteiger partial charge in [0.15, 0.2) is 0 Å². The zero-order valence-electron chi connectivity index (χ0n) is 10.1. The molecule has 2 rings (SSSR count). The molecule has 0 atom stereocenters. The maximum Gasteiger partial charge on any atom is 0.253 e. The lowest BCUT2D eigenvalue weighted by molar-refractivity contribution is 0.0265. The van der Waals surface area contributed by atoms with E-state index in [0.717, 1.165) is 12.8 Å². The largest absolute Gasteiger partial charge is 0.393 e. The summed E-state index contributed by atoms with van der Waals surface area (Å²) in [7, 11) is 1.73. The number of hydrogen-bond donors (Lipinski definition) is 2. The van der Waals surface area contributed by atoms with Gasteiger partial charge < -0.3 is 15.7 Å². The number of rotatable bonds is 3. The van der Waals surface area contributed by atoms with Gasteiger partial charge in [-0.05, 0) is 30.9 Å². The monoisotopic (exact) mass is 269 g/mol. The molecule has 1 aliphatic rings. The molecule has 98 valence electrons. The number of nitrogens with two attached hydrogens (primary N) is 1. The lowest BCUT2D eigenvalue weighted by atomic mass is 9.82. The first-order valence-electron chi connectivity index (χ1n) is 5.82.